The van der Waals surface area contributed by atoms with Gasteiger partial charge in [0.05, 0.1) is 22.3 Å². The van der Waals surface area contributed by atoms with Gasteiger partial charge in [-0.15, -0.1) is 0 Å². The van der Waals surface area contributed by atoms with Crippen molar-refractivity contribution in [3.8, 4) is 17.6 Å². The van der Waals surface area contributed by atoms with Gasteiger partial charge in [0.2, 0.25) is 0 Å². The summed E-state index contributed by atoms with van der Waals surface area (Å²) in [6.45, 7) is 0.409. The maximum atomic E-state index is 9.54. The van der Waals surface area contributed by atoms with Gasteiger partial charge in [-0.25, -0.2) is 0 Å². The van der Waals surface area contributed by atoms with Crippen LogP contribution in [0.15, 0.2) is 66.7 Å². The van der Waals surface area contributed by atoms with E-state index in [1.165, 1.54) is 0 Å². The van der Waals surface area contributed by atoms with Crippen LogP contribution in [0.3, 0.4) is 0 Å². The predicted molar refractivity (Wildman–Crippen MR) is 121 cm³/mol. The van der Waals surface area contributed by atoms with Crippen LogP contribution in [0.5, 0.6) is 11.5 Å². The van der Waals surface area contributed by atoms with Crippen LogP contribution >= 0.6 is 34.2 Å². The topological polar surface area (TPSA) is 42.2 Å². The molecule has 0 N–H and O–H groups in total. The van der Waals surface area contributed by atoms with Gasteiger partial charge in [-0.1, -0.05) is 54.1 Å². The van der Waals surface area contributed by atoms with Crippen LogP contribution in [0.4, 0.5) is 0 Å². The zero-order chi connectivity index (χ0) is 19.9. The summed E-state index contributed by atoms with van der Waals surface area (Å²) in [5, 5.41) is 10.2. The van der Waals surface area contributed by atoms with Gasteiger partial charge >= 0.3 is 0 Å². The Morgan fingerprint density at radius 3 is 2.46 bits per heavy atom. The average Bonchev–Trinajstić information content (AvgIpc) is 2.72. The maximum Gasteiger partial charge on any atom is 0.174 e. The highest BCUT2D eigenvalue weighted by Gasteiger charge is 2.12. The molecule has 0 aliphatic rings. The lowest BCUT2D eigenvalue weighted by Crippen LogP contribution is -2.00. The Morgan fingerprint density at radius 2 is 1.82 bits per heavy atom. The van der Waals surface area contributed by atoms with Crippen LogP contribution in [-0.2, 0) is 6.61 Å². The molecule has 0 aliphatic carbocycles. The van der Waals surface area contributed by atoms with E-state index in [1.807, 2.05) is 72.8 Å². The van der Waals surface area contributed by atoms with E-state index in [0.29, 0.717) is 28.7 Å². The predicted octanol–water partition coefficient (Wildman–Crippen LogP) is 6.60. The Morgan fingerprint density at radius 1 is 1.11 bits per heavy atom. The van der Waals surface area contributed by atoms with Gasteiger partial charge in [0.15, 0.2) is 11.5 Å². The third-order valence-corrected chi connectivity index (χ3v) is 5.12. The number of benzene rings is 3. The molecule has 3 aromatic rings. The second kappa shape index (κ2) is 9.63. The number of hydrogen-bond donors (Lipinski definition) is 0. The van der Waals surface area contributed by atoms with Gasteiger partial charge in [-0.2, -0.15) is 5.26 Å². The van der Waals surface area contributed by atoms with Crippen molar-refractivity contribution >= 4 is 45.8 Å². The standard InChI is InChI=1S/C23H17ClINO2/c1-27-22-13-17(11-19(14-26)18-5-3-2-4-6-18)12-21(25)23(22)28-15-16-7-9-20(24)10-8-16/h2-13H,15H2,1H3/b19-11-. The lowest BCUT2D eigenvalue weighted by Gasteiger charge is -2.14. The van der Waals surface area contributed by atoms with E-state index >= 15 is 0 Å². The maximum absolute atomic E-state index is 9.54. The van der Waals surface area contributed by atoms with Crippen molar-refractivity contribution < 1.29 is 9.47 Å². The molecule has 0 bridgehead atoms. The van der Waals surface area contributed by atoms with Gasteiger partial charge < -0.3 is 9.47 Å². The lowest BCUT2D eigenvalue weighted by atomic mass is 10.0. The minimum Gasteiger partial charge on any atom is -0.493 e. The van der Waals surface area contributed by atoms with Crippen molar-refractivity contribution in [2.75, 3.05) is 7.11 Å². The highest BCUT2D eigenvalue weighted by atomic mass is 127. The lowest BCUT2D eigenvalue weighted by molar-refractivity contribution is 0.282. The molecule has 3 rings (SSSR count). The number of allylic oxidation sites excluding steroid dienone is 1. The Balaban J connectivity index is 1.88. The summed E-state index contributed by atoms with van der Waals surface area (Å²) in [5.41, 5.74) is 3.36. The summed E-state index contributed by atoms with van der Waals surface area (Å²) in [6, 6.07) is 23.2. The fraction of sp³-hybridized carbons (Fsp3) is 0.0870. The molecule has 28 heavy (non-hydrogen) atoms. The highest BCUT2D eigenvalue weighted by molar-refractivity contribution is 14.1. The van der Waals surface area contributed by atoms with Crippen molar-refractivity contribution in [2.45, 2.75) is 6.61 Å². The first-order chi connectivity index (χ1) is 13.6. The molecule has 0 radical (unpaired) electrons. The SMILES string of the molecule is COc1cc(/C=C(/C#N)c2ccccc2)cc(I)c1OCc1ccc(Cl)cc1. The van der Waals surface area contributed by atoms with Crippen LogP contribution in [0.25, 0.3) is 11.6 Å². The Bertz CT molecular complexity index is 1020. The number of methoxy groups -OCH3 is 1. The number of nitrogens with zero attached hydrogens (tertiary/aromatic N) is 1. The summed E-state index contributed by atoms with van der Waals surface area (Å²) >= 11 is 8.14. The average molecular weight is 502 g/mol. The van der Waals surface area contributed by atoms with Gasteiger partial charge in [-0.05, 0) is 69.6 Å². The molecule has 0 spiro atoms. The molecule has 5 heteroatoms. The Labute approximate surface area is 183 Å². The number of nitriles is 1. The molecule has 0 amide bonds. The zero-order valence-corrected chi connectivity index (χ0v) is 18.1. The molecule has 3 aromatic carbocycles. The second-order valence-corrected chi connectivity index (χ2v) is 7.58. The van der Waals surface area contributed by atoms with Gasteiger partial charge in [0.25, 0.3) is 0 Å². The van der Waals surface area contributed by atoms with Crippen LogP contribution in [0, 0.1) is 14.9 Å². The largest absolute Gasteiger partial charge is 0.493 e. The molecular weight excluding hydrogens is 485 g/mol. The smallest absolute Gasteiger partial charge is 0.174 e. The summed E-state index contributed by atoms with van der Waals surface area (Å²) in [4.78, 5) is 0. The van der Waals surface area contributed by atoms with Crippen molar-refractivity contribution in [1.82, 2.24) is 0 Å². The fourth-order valence-electron chi connectivity index (χ4n) is 2.66. The molecule has 0 heterocycles. The van der Waals surface area contributed by atoms with Gasteiger partial charge in [-0.3, -0.25) is 0 Å². The number of rotatable bonds is 6. The molecule has 0 aliphatic heterocycles. The van der Waals surface area contributed by atoms with E-state index in [-0.39, 0.29) is 0 Å². The molecule has 0 fully saturated rings. The van der Waals surface area contributed by atoms with Crippen molar-refractivity contribution in [2.24, 2.45) is 0 Å². The van der Waals surface area contributed by atoms with Gasteiger partial charge in [0, 0.05) is 5.02 Å². The number of hydrogen-bond acceptors (Lipinski definition) is 3. The second-order valence-electron chi connectivity index (χ2n) is 5.99. The van der Waals surface area contributed by atoms with Crippen LogP contribution in [0.2, 0.25) is 5.02 Å². The molecule has 0 saturated carbocycles. The van der Waals surface area contributed by atoms with Crippen molar-refractivity contribution in [3.05, 3.63) is 92.0 Å². The van der Waals surface area contributed by atoms with E-state index in [9.17, 15) is 5.26 Å². The van der Waals surface area contributed by atoms with E-state index < -0.39 is 0 Å². The zero-order valence-electron chi connectivity index (χ0n) is 15.2. The first-order valence-electron chi connectivity index (χ1n) is 8.52. The quantitative estimate of drug-likeness (QED) is 0.217. The number of halogens is 2. The molecule has 0 atom stereocenters. The van der Waals surface area contributed by atoms with Crippen molar-refractivity contribution in [3.63, 3.8) is 0 Å². The Kier molecular flexibility index (Phi) is 6.96. The minimum absolute atomic E-state index is 0.409. The van der Waals surface area contributed by atoms with Crippen LogP contribution < -0.4 is 9.47 Å². The normalized spacial score (nSPS) is 11.0. The summed E-state index contributed by atoms with van der Waals surface area (Å²) < 4.78 is 12.4. The molecular formula is C23H17ClINO2. The van der Waals surface area contributed by atoms with E-state index in [1.54, 1.807) is 7.11 Å². The summed E-state index contributed by atoms with van der Waals surface area (Å²) in [7, 11) is 1.61. The van der Waals surface area contributed by atoms with Crippen LogP contribution in [-0.4, -0.2) is 7.11 Å². The van der Waals surface area contributed by atoms with E-state index in [0.717, 1.165) is 20.3 Å². The molecule has 3 nitrogen and oxygen atoms in total. The van der Waals surface area contributed by atoms with Gasteiger partial charge in [0.1, 0.15) is 6.61 Å². The molecule has 140 valence electrons. The monoisotopic (exact) mass is 501 g/mol. The third kappa shape index (κ3) is 5.06. The summed E-state index contributed by atoms with van der Waals surface area (Å²) in [5.74, 6) is 1.30. The molecule has 0 aromatic heterocycles. The minimum atomic E-state index is 0.409. The first kappa shape index (κ1) is 20.2. The third-order valence-electron chi connectivity index (χ3n) is 4.06. The van der Waals surface area contributed by atoms with E-state index in [4.69, 9.17) is 21.1 Å². The Hall–Kier alpha value is -2.49. The van der Waals surface area contributed by atoms with E-state index in [2.05, 4.69) is 28.7 Å². The molecule has 0 unspecified atom stereocenters. The summed E-state index contributed by atoms with van der Waals surface area (Å²) in [6.07, 6.45) is 1.85. The first-order valence-corrected chi connectivity index (χ1v) is 9.98. The fourth-order valence-corrected chi connectivity index (χ4v) is 3.57. The molecule has 0 saturated heterocycles. The van der Waals surface area contributed by atoms with Crippen LogP contribution in [0.1, 0.15) is 16.7 Å². The number of ether oxygens (including phenoxy) is 2. The highest BCUT2D eigenvalue weighted by Crippen LogP contribution is 2.35. The van der Waals surface area contributed by atoms with Crippen molar-refractivity contribution in [1.29, 1.82) is 5.26 Å².